The van der Waals surface area contributed by atoms with Crippen LogP contribution in [0.3, 0.4) is 0 Å². The molecule has 0 aromatic heterocycles. The molecule has 0 bridgehead atoms. The molecule has 0 aromatic rings. The van der Waals surface area contributed by atoms with Crippen molar-refractivity contribution in [2.75, 3.05) is 0 Å². The van der Waals surface area contributed by atoms with E-state index < -0.39 is 29.5 Å². The smallest absolute Gasteiger partial charge is 0.354 e. The topological polar surface area (TPSA) is 122 Å². The molecule has 3 atom stereocenters. The van der Waals surface area contributed by atoms with Gasteiger partial charge in [-0.05, 0) is 12.8 Å². The first kappa shape index (κ1) is 9.91. The molecule has 2 rings (SSSR count). The third kappa shape index (κ3) is 1.19. The van der Waals surface area contributed by atoms with Crippen molar-refractivity contribution < 1.29 is 24.6 Å². The first-order chi connectivity index (χ1) is 6.97. The van der Waals surface area contributed by atoms with E-state index in [2.05, 4.69) is 5.16 Å². The summed E-state index contributed by atoms with van der Waals surface area (Å²) in [5, 5.41) is 21.2. The number of carboxylic acids is 2. The van der Waals surface area contributed by atoms with Crippen molar-refractivity contribution in [2.45, 2.75) is 24.5 Å². The Balaban J connectivity index is 2.37. The molecule has 0 spiro atoms. The Kier molecular flexibility index (Phi) is 1.93. The van der Waals surface area contributed by atoms with E-state index in [1.807, 2.05) is 0 Å². The zero-order chi connectivity index (χ0) is 11.2. The fourth-order valence-electron chi connectivity index (χ4n) is 2.16. The second-order valence-corrected chi connectivity index (χ2v) is 3.79. The normalized spacial score (nSPS) is 38.1. The zero-order valence-corrected chi connectivity index (χ0v) is 7.71. The summed E-state index contributed by atoms with van der Waals surface area (Å²) in [4.78, 5) is 26.7. The summed E-state index contributed by atoms with van der Waals surface area (Å²) < 4.78 is 0. The Bertz CT molecular complexity index is 366. The summed E-state index contributed by atoms with van der Waals surface area (Å²) >= 11 is 0. The second-order valence-electron chi connectivity index (χ2n) is 3.79. The van der Waals surface area contributed by atoms with Gasteiger partial charge in [0.05, 0.1) is 5.92 Å². The molecular weight excluding hydrogens is 204 g/mol. The monoisotopic (exact) mass is 214 g/mol. The molecule has 0 radical (unpaired) electrons. The minimum Gasteiger partial charge on any atom is -0.480 e. The van der Waals surface area contributed by atoms with Crippen molar-refractivity contribution in [2.24, 2.45) is 16.8 Å². The maximum absolute atomic E-state index is 11.0. The van der Waals surface area contributed by atoms with Gasteiger partial charge >= 0.3 is 11.9 Å². The Hall–Kier alpha value is -1.63. The summed E-state index contributed by atoms with van der Waals surface area (Å²) in [5.74, 6) is -3.34. The lowest BCUT2D eigenvalue weighted by Gasteiger charge is -2.24. The maximum atomic E-state index is 11.0. The van der Waals surface area contributed by atoms with Crippen LogP contribution in [0.15, 0.2) is 5.16 Å². The lowest BCUT2D eigenvalue weighted by atomic mass is 9.84. The van der Waals surface area contributed by atoms with Crippen LogP contribution in [0.4, 0.5) is 0 Å². The van der Waals surface area contributed by atoms with Crippen LogP contribution in [0.2, 0.25) is 0 Å². The molecule has 1 fully saturated rings. The van der Waals surface area contributed by atoms with Crippen LogP contribution in [0.1, 0.15) is 12.8 Å². The standard InChI is InChI=1S/C8H10N2O5/c9-8(7(13)14)2-1-3-4(8)5(6(11)12)10-15-3/h3-4H,1-2,9H2,(H,11,12)(H,13,14)/t3-,4-,8-/m0/s1. The predicted octanol–water partition coefficient (Wildman–Crippen LogP) is -0.982. The number of oxime groups is 1. The highest BCUT2D eigenvalue weighted by atomic mass is 16.6. The average Bonchev–Trinajstić information content (AvgIpc) is 2.68. The molecule has 0 amide bonds. The van der Waals surface area contributed by atoms with Gasteiger partial charge in [0, 0.05) is 0 Å². The Morgan fingerprint density at radius 3 is 2.73 bits per heavy atom. The average molecular weight is 214 g/mol. The van der Waals surface area contributed by atoms with Gasteiger partial charge in [0.1, 0.15) is 11.6 Å². The number of hydrogen-bond donors (Lipinski definition) is 3. The number of carboxylic acid groups (broad SMARTS) is 2. The Morgan fingerprint density at radius 2 is 2.20 bits per heavy atom. The molecule has 0 aromatic carbocycles. The fraction of sp³-hybridized carbons (Fsp3) is 0.625. The minimum atomic E-state index is -1.57. The molecule has 82 valence electrons. The number of hydrogen-bond acceptors (Lipinski definition) is 5. The number of nitrogens with two attached hydrogens (primary N) is 1. The van der Waals surface area contributed by atoms with E-state index in [4.69, 9.17) is 20.8 Å². The van der Waals surface area contributed by atoms with Gasteiger partial charge in [-0.3, -0.25) is 4.79 Å². The van der Waals surface area contributed by atoms with E-state index >= 15 is 0 Å². The molecule has 15 heavy (non-hydrogen) atoms. The van der Waals surface area contributed by atoms with Crippen LogP contribution < -0.4 is 5.73 Å². The van der Waals surface area contributed by atoms with E-state index in [0.29, 0.717) is 6.42 Å². The molecule has 7 nitrogen and oxygen atoms in total. The van der Waals surface area contributed by atoms with E-state index in [-0.39, 0.29) is 12.1 Å². The Morgan fingerprint density at radius 1 is 1.53 bits per heavy atom. The molecule has 1 aliphatic carbocycles. The first-order valence-electron chi connectivity index (χ1n) is 4.46. The SMILES string of the molecule is N[C@@]1(C(=O)O)CC[C@@H]2ON=C(C(=O)O)[C@H]21. The number of carbonyl (C=O) groups is 2. The van der Waals surface area contributed by atoms with Gasteiger partial charge in [0.15, 0.2) is 5.71 Å². The van der Waals surface area contributed by atoms with Crippen molar-refractivity contribution in [3.8, 4) is 0 Å². The van der Waals surface area contributed by atoms with E-state index in [1.54, 1.807) is 0 Å². The molecular formula is C8H10N2O5. The molecule has 1 saturated carbocycles. The largest absolute Gasteiger partial charge is 0.480 e. The van der Waals surface area contributed by atoms with Crippen molar-refractivity contribution in [3.63, 3.8) is 0 Å². The lowest BCUT2D eigenvalue weighted by molar-refractivity contribution is -0.144. The second kappa shape index (κ2) is 2.93. The first-order valence-corrected chi connectivity index (χ1v) is 4.46. The van der Waals surface area contributed by atoms with Crippen molar-refractivity contribution in [1.29, 1.82) is 0 Å². The summed E-state index contributed by atoms with van der Waals surface area (Å²) in [6.07, 6.45) is 0.0924. The van der Waals surface area contributed by atoms with Crippen molar-refractivity contribution in [3.05, 3.63) is 0 Å². The third-order valence-corrected chi connectivity index (χ3v) is 2.97. The number of rotatable bonds is 2. The molecule has 1 heterocycles. The summed E-state index contributed by atoms with van der Waals surface area (Å²) in [7, 11) is 0. The van der Waals surface area contributed by atoms with Gasteiger partial charge in [-0.1, -0.05) is 5.16 Å². The van der Waals surface area contributed by atoms with Gasteiger partial charge in [0.2, 0.25) is 0 Å². The van der Waals surface area contributed by atoms with Crippen molar-refractivity contribution in [1.82, 2.24) is 0 Å². The molecule has 7 heteroatoms. The molecule has 0 unspecified atom stereocenters. The number of nitrogens with zero attached hydrogens (tertiary/aromatic N) is 1. The predicted molar refractivity (Wildman–Crippen MR) is 47.2 cm³/mol. The van der Waals surface area contributed by atoms with E-state index in [0.717, 1.165) is 0 Å². The summed E-state index contributed by atoms with van der Waals surface area (Å²) in [6.45, 7) is 0. The van der Waals surface area contributed by atoms with Crippen LogP contribution in [-0.2, 0) is 14.4 Å². The van der Waals surface area contributed by atoms with Gasteiger partial charge < -0.3 is 20.8 Å². The Labute approximate surface area is 84.5 Å². The van der Waals surface area contributed by atoms with Crippen molar-refractivity contribution >= 4 is 17.7 Å². The quantitative estimate of drug-likeness (QED) is 0.542. The molecule has 0 saturated heterocycles. The molecule has 4 N–H and O–H groups in total. The van der Waals surface area contributed by atoms with Crippen LogP contribution >= 0.6 is 0 Å². The number of fused-ring (bicyclic) bond motifs is 1. The summed E-state index contributed by atoms with van der Waals surface area (Å²) in [5.41, 5.74) is 3.83. The maximum Gasteiger partial charge on any atom is 0.354 e. The van der Waals surface area contributed by atoms with Crippen LogP contribution in [0.5, 0.6) is 0 Å². The fourth-order valence-corrected chi connectivity index (χ4v) is 2.16. The highest BCUT2D eigenvalue weighted by Crippen LogP contribution is 2.40. The van der Waals surface area contributed by atoms with Gasteiger partial charge in [0.25, 0.3) is 0 Å². The van der Waals surface area contributed by atoms with Gasteiger partial charge in [-0.2, -0.15) is 0 Å². The van der Waals surface area contributed by atoms with E-state index in [1.165, 1.54) is 0 Å². The number of aliphatic carboxylic acids is 2. The van der Waals surface area contributed by atoms with Crippen LogP contribution in [0, 0.1) is 5.92 Å². The van der Waals surface area contributed by atoms with Crippen LogP contribution in [0.25, 0.3) is 0 Å². The summed E-state index contributed by atoms with van der Waals surface area (Å²) in [6, 6.07) is 0. The highest BCUT2D eigenvalue weighted by molar-refractivity contribution is 6.37. The van der Waals surface area contributed by atoms with Crippen LogP contribution in [-0.4, -0.2) is 39.5 Å². The zero-order valence-electron chi connectivity index (χ0n) is 7.71. The molecule has 2 aliphatic rings. The van der Waals surface area contributed by atoms with E-state index in [9.17, 15) is 9.59 Å². The molecule has 1 aliphatic heterocycles. The minimum absolute atomic E-state index is 0.198. The lowest BCUT2D eigenvalue weighted by Crippen LogP contribution is -2.55. The van der Waals surface area contributed by atoms with Gasteiger partial charge in [-0.15, -0.1) is 0 Å². The highest BCUT2D eigenvalue weighted by Gasteiger charge is 2.59. The van der Waals surface area contributed by atoms with Gasteiger partial charge in [-0.25, -0.2) is 4.79 Å². The third-order valence-electron chi connectivity index (χ3n) is 2.97.